The summed E-state index contributed by atoms with van der Waals surface area (Å²) in [6, 6.07) is 11.4. The highest BCUT2D eigenvalue weighted by Gasteiger charge is 2.38. The van der Waals surface area contributed by atoms with Gasteiger partial charge < -0.3 is 10.2 Å². The van der Waals surface area contributed by atoms with E-state index >= 15 is 0 Å². The monoisotopic (exact) mass is 342 g/mol. The van der Waals surface area contributed by atoms with Gasteiger partial charge in [-0.15, -0.1) is 22.7 Å². The summed E-state index contributed by atoms with van der Waals surface area (Å²) >= 11 is 3.47. The van der Waals surface area contributed by atoms with Gasteiger partial charge in [0.15, 0.2) is 0 Å². The first kappa shape index (κ1) is 14.0. The third-order valence-electron chi connectivity index (χ3n) is 5.15. The Morgan fingerprint density at radius 2 is 1.96 bits per heavy atom. The van der Waals surface area contributed by atoms with Crippen molar-refractivity contribution in [1.82, 2.24) is 10.2 Å². The van der Waals surface area contributed by atoms with Gasteiger partial charge in [-0.1, -0.05) is 18.2 Å². The SMILES string of the molecule is O=C(c1cc2sc3ccccc3c2s1)N1C2CCNCC1CC2. The minimum absolute atomic E-state index is 0.249. The molecule has 2 fully saturated rings. The van der Waals surface area contributed by atoms with Crippen molar-refractivity contribution in [3.8, 4) is 0 Å². The van der Waals surface area contributed by atoms with Gasteiger partial charge in [0.05, 0.1) is 9.58 Å². The highest BCUT2D eigenvalue weighted by atomic mass is 32.1. The number of amides is 1. The topological polar surface area (TPSA) is 32.3 Å². The van der Waals surface area contributed by atoms with Crippen molar-refractivity contribution in [2.75, 3.05) is 13.1 Å². The zero-order valence-corrected chi connectivity index (χ0v) is 14.4. The molecule has 0 spiro atoms. The van der Waals surface area contributed by atoms with E-state index in [0.717, 1.165) is 30.8 Å². The molecule has 2 aliphatic rings. The lowest BCUT2D eigenvalue weighted by Crippen LogP contribution is -2.42. The molecule has 118 valence electrons. The summed E-state index contributed by atoms with van der Waals surface area (Å²) in [7, 11) is 0. The molecule has 4 heterocycles. The molecule has 5 heteroatoms. The predicted molar refractivity (Wildman–Crippen MR) is 97.7 cm³/mol. The van der Waals surface area contributed by atoms with Gasteiger partial charge in [-0.25, -0.2) is 0 Å². The molecule has 0 saturated carbocycles. The molecule has 2 saturated heterocycles. The molecule has 3 aromatic rings. The van der Waals surface area contributed by atoms with Crippen LogP contribution < -0.4 is 5.32 Å². The lowest BCUT2D eigenvalue weighted by atomic mass is 10.1. The number of carbonyl (C=O) groups excluding carboxylic acids is 1. The van der Waals surface area contributed by atoms with Crippen LogP contribution in [-0.2, 0) is 0 Å². The van der Waals surface area contributed by atoms with E-state index in [1.807, 2.05) is 0 Å². The van der Waals surface area contributed by atoms with Crippen LogP contribution in [0.15, 0.2) is 30.3 Å². The summed E-state index contributed by atoms with van der Waals surface area (Å²) in [5, 5.41) is 4.76. The maximum absolute atomic E-state index is 13.1. The third kappa shape index (κ3) is 2.14. The van der Waals surface area contributed by atoms with E-state index < -0.39 is 0 Å². The van der Waals surface area contributed by atoms with E-state index in [9.17, 15) is 4.79 Å². The fourth-order valence-electron chi connectivity index (χ4n) is 4.05. The van der Waals surface area contributed by atoms with Crippen molar-refractivity contribution >= 4 is 48.1 Å². The summed E-state index contributed by atoms with van der Waals surface area (Å²) in [5.74, 6) is 0.249. The zero-order chi connectivity index (χ0) is 15.4. The van der Waals surface area contributed by atoms with Crippen LogP contribution in [0.1, 0.15) is 28.9 Å². The molecule has 1 amide bonds. The molecule has 23 heavy (non-hydrogen) atoms. The van der Waals surface area contributed by atoms with Gasteiger partial charge in [-0.3, -0.25) is 4.79 Å². The number of benzene rings is 1. The molecule has 1 N–H and O–H groups in total. The van der Waals surface area contributed by atoms with E-state index in [2.05, 4.69) is 40.5 Å². The molecular weight excluding hydrogens is 324 g/mol. The van der Waals surface area contributed by atoms with Crippen molar-refractivity contribution in [3.63, 3.8) is 0 Å². The Bertz CT molecular complexity index is 883. The van der Waals surface area contributed by atoms with Gasteiger partial charge in [-0.2, -0.15) is 0 Å². The number of carbonyl (C=O) groups is 1. The first-order valence-electron chi connectivity index (χ1n) is 8.26. The van der Waals surface area contributed by atoms with E-state index in [1.54, 1.807) is 22.7 Å². The fraction of sp³-hybridized carbons (Fsp3) is 0.389. The van der Waals surface area contributed by atoms with Gasteiger partial charge in [0.1, 0.15) is 0 Å². The zero-order valence-electron chi connectivity index (χ0n) is 12.7. The summed E-state index contributed by atoms with van der Waals surface area (Å²) in [4.78, 5) is 16.2. The first-order valence-corrected chi connectivity index (χ1v) is 9.89. The van der Waals surface area contributed by atoms with Gasteiger partial charge in [0.2, 0.25) is 0 Å². The molecular formula is C18H18N2OS2. The number of hydrogen-bond acceptors (Lipinski definition) is 4. The van der Waals surface area contributed by atoms with Crippen molar-refractivity contribution in [1.29, 1.82) is 0 Å². The maximum Gasteiger partial charge on any atom is 0.264 e. The molecule has 0 radical (unpaired) electrons. The minimum atomic E-state index is 0.249. The van der Waals surface area contributed by atoms with Crippen LogP contribution in [0.4, 0.5) is 0 Å². The lowest BCUT2D eigenvalue weighted by Gasteiger charge is -2.27. The van der Waals surface area contributed by atoms with Crippen LogP contribution in [0.5, 0.6) is 0 Å². The van der Waals surface area contributed by atoms with Crippen LogP contribution in [-0.4, -0.2) is 36.0 Å². The van der Waals surface area contributed by atoms with Crippen molar-refractivity contribution in [3.05, 3.63) is 35.2 Å². The normalized spacial score (nSPS) is 24.4. The Kier molecular flexibility index (Phi) is 3.21. The molecule has 2 unspecified atom stereocenters. The van der Waals surface area contributed by atoms with E-state index in [1.165, 1.54) is 25.9 Å². The Morgan fingerprint density at radius 1 is 1.09 bits per heavy atom. The van der Waals surface area contributed by atoms with Crippen molar-refractivity contribution in [2.24, 2.45) is 0 Å². The summed E-state index contributed by atoms with van der Waals surface area (Å²) in [5.41, 5.74) is 0. The number of thiophene rings is 2. The number of nitrogens with zero attached hydrogens (tertiary/aromatic N) is 1. The summed E-state index contributed by atoms with van der Waals surface area (Å²) in [6.45, 7) is 1.99. The predicted octanol–water partition coefficient (Wildman–Crippen LogP) is 4.08. The van der Waals surface area contributed by atoms with Gasteiger partial charge >= 0.3 is 0 Å². The highest BCUT2D eigenvalue weighted by molar-refractivity contribution is 7.33. The lowest BCUT2D eigenvalue weighted by molar-refractivity contribution is 0.0685. The first-order chi connectivity index (χ1) is 11.3. The molecule has 2 aromatic heterocycles. The van der Waals surface area contributed by atoms with E-state index in [-0.39, 0.29) is 5.91 Å². The number of rotatable bonds is 1. The highest BCUT2D eigenvalue weighted by Crippen LogP contribution is 2.40. The molecule has 2 atom stereocenters. The molecule has 0 aliphatic carbocycles. The summed E-state index contributed by atoms with van der Waals surface area (Å²) in [6.07, 6.45) is 3.40. The van der Waals surface area contributed by atoms with E-state index in [0.29, 0.717) is 12.1 Å². The van der Waals surface area contributed by atoms with Gasteiger partial charge in [0.25, 0.3) is 5.91 Å². The molecule has 2 bridgehead atoms. The standard InChI is InChI=1S/C18H18N2OS2/c21-18(20-11-5-6-12(20)10-19-8-7-11)16-9-15-17(23-16)13-3-1-2-4-14(13)22-15/h1-4,9,11-12,19H,5-8,10H2. The average Bonchev–Trinajstić information content (AvgIpc) is 3.16. The Morgan fingerprint density at radius 3 is 2.91 bits per heavy atom. The average molecular weight is 342 g/mol. The Hall–Kier alpha value is -1.43. The van der Waals surface area contributed by atoms with Crippen molar-refractivity contribution in [2.45, 2.75) is 31.3 Å². The van der Waals surface area contributed by atoms with Gasteiger partial charge in [-0.05, 0) is 37.9 Å². The maximum atomic E-state index is 13.1. The smallest absolute Gasteiger partial charge is 0.264 e. The van der Waals surface area contributed by atoms with Crippen LogP contribution in [0.25, 0.3) is 19.5 Å². The number of hydrogen-bond donors (Lipinski definition) is 1. The number of nitrogens with one attached hydrogen (secondary N) is 1. The van der Waals surface area contributed by atoms with Crippen LogP contribution in [0, 0.1) is 0 Å². The Balaban J connectivity index is 1.56. The van der Waals surface area contributed by atoms with Crippen LogP contribution >= 0.6 is 22.7 Å². The van der Waals surface area contributed by atoms with E-state index in [4.69, 9.17) is 0 Å². The van der Waals surface area contributed by atoms with Gasteiger partial charge in [0, 0.05) is 33.4 Å². The molecule has 3 nitrogen and oxygen atoms in total. The fourth-order valence-corrected chi connectivity index (χ4v) is 6.52. The largest absolute Gasteiger partial charge is 0.331 e. The second kappa shape index (κ2) is 5.30. The molecule has 5 rings (SSSR count). The second-order valence-corrected chi connectivity index (χ2v) is 8.63. The Labute approximate surface area is 142 Å². The second-order valence-electron chi connectivity index (χ2n) is 6.49. The quantitative estimate of drug-likeness (QED) is 0.723. The minimum Gasteiger partial charge on any atom is -0.331 e. The summed E-state index contributed by atoms with van der Waals surface area (Å²) < 4.78 is 3.83. The van der Waals surface area contributed by atoms with Crippen LogP contribution in [0.2, 0.25) is 0 Å². The van der Waals surface area contributed by atoms with Crippen molar-refractivity contribution < 1.29 is 4.79 Å². The molecule has 2 aliphatic heterocycles. The van der Waals surface area contributed by atoms with Crippen LogP contribution in [0.3, 0.4) is 0 Å². The number of fused-ring (bicyclic) bond motifs is 5. The third-order valence-corrected chi connectivity index (χ3v) is 7.55. The molecule has 1 aromatic carbocycles.